The smallest absolute Gasteiger partial charge is 0.251 e. The molecule has 1 saturated heterocycles. The molecule has 202 valence electrons. The molecule has 1 amide bonds. The van der Waals surface area contributed by atoms with Gasteiger partial charge in [0.1, 0.15) is 5.82 Å². The average molecular weight is 542 g/mol. The van der Waals surface area contributed by atoms with Gasteiger partial charge in [-0.15, -0.1) is 11.8 Å². The van der Waals surface area contributed by atoms with E-state index in [1.54, 1.807) is 18.0 Å². The van der Waals surface area contributed by atoms with Gasteiger partial charge in [-0.05, 0) is 85.9 Å². The van der Waals surface area contributed by atoms with E-state index < -0.39 is 0 Å². The number of nitrogens with zero attached hydrogens (tertiary/aromatic N) is 4. The molecular formula is C31H35N5O2S. The van der Waals surface area contributed by atoms with E-state index in [1.165, 1.54) is 0 Å². The topological polar surface area (TPSA) is 91.2 Å². The summed E-state index contributed by atoms with van der Waals surface area (Å²) in [6.07, 6.45) is 5.75. The lowest BCUT2D eigenvalue weighted by Crippen LogP contribution is -2.40. The maximum absolute atomic E-state index is 12.7. The first kappa shape index (κ1) is 27.1. The molecule has 1 aliphatic heterocycles. The van der Waals surface area contributed by atoms with Gasteiger partial charge in [-0.25, -0.2) is 9.97 Å². The molecule has 0 saturated carbocycles. The van der Waals surface area contributed by atoms with E-state index in [2.05, 4.69) is 28.2 Å². The molecule has 1 aliphatic rings. The van der Waals surface area contributed by atoms with Crippen LogP contribution in [-0.2, 0) is 6.54 Å². The highest BCUT2D eigenvalue weighted by Gasteiger charge is 2.26. The molecule has 0 spiro atoms. The first-order valence-electron chi connectivity index (χ1n) is 13.5. The normalized spacial score (nSPS) is 17.4. The van der Waals surface area contributed by atoms with Crippen molar-refractivity contribution in [3.8, 4) is 11.4 Å². The van der Waals surface area contributed by atoms with Crippen LogP contribution in [0.3, 0.4) is 0 Å². The predicted molar refractivity (Wildman–Crippen MR) is 158 cm³/mol. The molecule has 8 heteroatoms. The zero-order valence-corrected chi connectivity index (χ0v) is 23.5. The van der Waals surface area contributed by atoms with Gasteiger partial charge in [-0.3, -0.25) is 9.78 Å². The predicted octanol–water partition coefficient (Wildman–Crippen LogP) is 5.50. The van der Waals surface area contributed by atoms with E-state index >= 15 is 0 Å². The van der Waals surface area contributed by atoms with Crippen LogP contribution >= 0.6 is 11.8 Å². The van der Waals surface area contributed by atoms with Crippen molar-refractivity contribution in [2.24, 2.45) is 11.8 Å². The van der Waals surface area contributed by atoms with Gasteiger partial charge >= 0.3 is 0 Å². The number of aliphatic hydroxyl groups is 1. The van der Waals surface area contributed by atoms with Gasteiger partial charge in [0.25, 0.3) is 5.91 Å². The molecule has 1 fully saturated rings. The van der Waals surface area contributed by atoms with Crippen LogP contribution in [0.2, 0.25) is 0 Å². The van der Waals surface area contributed by atoms with Gasteiger partial charge in [0, 0.05) is 41.7 Å². The largest absolute Gasteiger partial charge is 0.396 e. The molecule has 3 aromatic heterocycles. The highest BCUT2D eigenvalue weighted by molar-refractivity contribution is 7.98. The number of fused-ring (bicyclic) bond motifs is 1. The Morgan fingerprint density at radius 1 is 1.13 bits per heavy atom. The number of aryl methyl sites for hydroxylation is 1. The van der Waals surface area contributed by atoms with Crippen LogP contribution in [-0.4, -0.2) is 51.9 Å². The number of piperidine rings is 1. The monoisotopic (exact) mass is 541 g/mol. The van der Waals surface area contributed by atoms with Gasteiger partial charge < -0.3 is 15.3 Å². The number of hydrogen-bond acceptors (Lipinski definition) is 7. The van der Waals surface area contributed by atoms with Crippen LogP contribution in [0.25, 0.3) is 22.3 Å². The van der Waals surface area contributed by atoms with Gasteiger partial charge in [-0.2, -0.15) is 0 Å². The quantitative estimate of drug-likeness (QED) is 0.285. The number of aliphatic hydroxyl groups excluding tert-OH is 1. The highest BCUT2D eigenvalue weighted by atomic mass is 32.2. The summed E-state index contributed by atoms with van der Waals surface area (Å²) in [6.45, 7) is 6.76. The molecular weight excluding hydrogens is 506 g/mol. The molecule has 4 aromatic rings. The number of aromatic nitrogens is 3. The number of pyridine rings is 3. The number of thioether (sulfide) groups is 1. The van der Waals surface area contributed by atoms with Crippen molar-refractivity contribution >= 4 is 34.4 Å². The van der Waals surface area contributed by atoms with Gasteiger partial charge in [0.2, 0.25) is 0 Å². The van der Waals surface area contributed by atoms with E-state index in [0.717, 1.165) is 70.2 Å². The first-order valence-corrected chi connectivity index (χ1v) is 14.7. The Balaban J connectivity index is 1.31. The van der Waals surface area contributed by atoms with Crippen LogP contribution in [0.1, 0.15) is 41.4 Å². The lowest BCUT2D eigenvalue weighted by atomic mass is 9.85. The van der Waals surface area contributed by atoms with E-state index in [0.29, 0.717) is 23.9 Å². The second-order valence-corrected chi connectivity index (χ2v) is 11.1. The highest BCUT2D eigenvalue weighted by Crippen LogP contribution is 2.30. The molecule has 0 aliphatic carbocycles. The number of carbonyl (C=O) groups excluding carboxylic acids is 1. The van der Waals surface area contributed by atoms with Crippen molar-refractivity contribution in [3.05, 3.63) is 77.6 Å². The molecule has 5 rings (SSSR count). The molecule has 2 unspecified atom stereocenters. The summed E-state index contributed by atoms with van der Waals surface area (Å²) in [5.74, 6) is 1.92. The number of carbonyl (C=O) groups is 1. The number of rotatable bonds is 8. The zero-order valence-electron chi connectivity index (χ0n) is 22.7. The summed E-state index contributed by atoms with van der Waals surface area (Å²) in [5, 5.41) is 13.3. The van der Waals surface area contributed by atoms with E-state index in [-0.39, 0.29) is 12.5 Å². The minimum Gasteiger partial charge on any atom is -0.396 e. The Labute approximate surface area is 234 Å². The summed E-state index contributed by atoms with van der Waals surface area (Å²) in [5.41, 5.74) is 5.00. The van der Waals surface area contributed by atoms with E-state index in [1.807, 2.05) is 61.7 Å². The summed E-state index contributed by atoms with van der Waals surface area (Å²) in [6, 6.07) is 17.8. The zero-order chi connectivity index (χ0) is 27.4. The Bertz CT molecular complexity index is 1480. The third-order valence-corrected chi connectivity index (χ3v) is 8.51. The third-order valence-electron chi connectivity index (χ3n) is 7.63. The van der Waals surface area contributed by atoms with Crippen molar-refractivity contribution in [1.29, 1.82) is 0 Å². The second kappa shape index (κ2) is 12.1. The molecule has 0 radical (unpaired) electrons. The summed E-state index contributed by atoms with van der Waals surface area (Å²) < 4.78 is 0. The van der Waals surface area contributed by atoms with Crippen LogP contribution in [0, 0.1) is 18.8 Å². The summed E-state index contributed by atoms with van der Waals surface area (Å²) in [7, 11) is 0. The van der Waals surface area contributed by atoms with Crippen LogP contribution in [0.15, 0.2) is 65.7 Å². The Morgan fingerprint density at radius 3 is 2.77 bits per heavy atom. The minimum atomic E-state index is -0.121. The van der Waals surface area contributed by atoms with Gasteiger partial charge in [-0.1, -0.05) is 19.1 Å². The van der Waals surface area contributed by atoms with Gasteiger partial charge in [0.05, 0.1) is 29.1 Å². The molecule has 1 aromatic carbocycles. The number of amides is 1. The van der Waals surface area contributed by atoms with Crippen LogP contribution < -0.4 is 10.2 Å². The second-order valence-electron chi connectivity index (χ2n) is 10.3. The van der Waals surface area contributed by atoms with Gasteiger partial charge in [0.15, 0.2) is 0 Å². The number of hydrogen-bond donors (Lipinski definition) is 2. The van der Waals surface area contributed by atoms with Crippen molar-refractivity contribution < 1.29 is 9.90 Å². The summed E-state index contributed by atoms with van der Waals surface area (Å²) >= 11 is 1.64. The molecule has 2 N–H and O–H groups in total. The molecule has 4 heterocycles. The maximum Gasteiger partial charge on any atom is 0.251 e. The number of anilines is 1. The third kappa shape index (κ3) is 6.23. The Morgan fingerprint density at radius 2 is 1.97 bits per heavy atom. The molecule has 2 atom stereocenters. The first-order chi connectivity index (χ1) is 18.9. The lowest BCUT2D eigenvalue weighted by Gasteiger charge is -2.37. The van der Waals surface area contributed by atoms with Crippen molar-refractivity contribution in [3.63, 3.8) is 0 Å². The lowest BCUT2D eigenvalue weighted by molar-refractivity contribution is 0.0950. The minimum absolute atomic E-state index is 0.121. The fourth-order valence-corrected chi connectivity index (χ4v) is 5.91. The Kier molecular flexibility index (Phi) is 8.43. The van der Waals surface area contributed by atoms with E-state index in [4.69, 9.17) is 9.97 Å². The Hall–Kier alpha value is -3.49. The van der Waals surface area contributed by atoms with Crippen LogP contribution in [0.4, 0.5) is 5.82 Å². The fourth-order valence-electron chi connectivity index (χ4n) is 5.27. The maximum atomic E-state index is 12.7. The average Bonchev–Trinajstić information content (AvgIpc) is 2.97. The molecule has 7 nitrogen and oxygen atoms in total. The standard InChI is InChI=1S/C31H35N5O2S/c1-20-7-8-23(15-29(20)39-3)31(38)33-18-25-16-28-24(17-32-25)9-10-27(34-28)26-5-4-6-30(35-26)36-13-11-22(12-14-37)21(2)19-36/h4-10,15-17,21-22,37H,11-14,18-19H2,1-3H3,(H,33,38). The van der Waals surface area contributed by atoms with E-state index in [9.17, 15) is 9.90 Å². The van der Waals surface area contributed by atoms with Crippen molar-refractivity contribution in [2.45, 2.75) is 38.1 Å². The van der Waals surface area contributed by atoms with Crippen molar-refractivity contribution in [1.82, 2.24) is 20.3 Å². The number of nitrogens with one attached hydrogen (secondary N) is 1. The van der Waals surface area contributed by atoms with Crippen LogP contribution in [0.5, 0.6) is 0 Å². The molecule has 39 heavy (non-hydrogen) atoms. The number of benzene rings is 1. The fraction of sp³-hybridized carbons (Fsp3) is 0.355. The van der Waals surface area contributed by atoms with Crippen molar-refractivity contribution in [2.75, 3.05) is 30.9 Å². The summed E-state index contributed by atoms with van der Waals surface area (Å²) in [4.78, 5) is 30.6. The molecule has 0 bridgehead atoms. The SMILES string of the molecule is CSc1cc(C(=O)NCc2cc3nc(-c4cccc(N5CCC(CCO)C(C)C5)n4)ccc3cn2)ccc1C.